The molecule has 1 aromatic carbocycles. The van der Waals surface area contributed by atoms with E-state index in [-0.39, 0.29) is 18.8 Å². The molecule has 3 aromatic rings. The molecule has 0 saturated carbocycles. The standard InChI is InChI=1S/C19H19F2N3O4/c1-11-17(18(25)23-15-8-26-10-19(15,20)21)13-7-12(3-4-14(13)28-11)27-9-16-22-5-6-24(16)2/h3-7,15H,8-10H2,1-2H3,(H,23,25). The normalized spacial score (nSPS) is 18.5. The van der Waals surface area contributed by atoms with Gasteiger partial charge in [-0.05, 0) is 25.1 Å². The highest BCUT2D eigenvalue weighted by molar-refractivity contribution is 6.07. The fourth-order valence-corrected chi connectivity index (χ4v) is 3.17. The second-order valence-electron chi connectivity index (χ2n) is 6.74. The van der Waals surface area contributed by atoms with E-state index in [1.54, 1.807) is 31.3 Å². The Morgan fingerprint density at radius 1 is 1.46 bits per heavy atom. The number of hydrogen-bond acceptors (Lipinski definition) is 5. The Hall–Kier alpha value is -2.94. The summed E-state index contributed by atoms with van der Waals surface area (Å²) in [5.74, 6) is -2.13. The molecule has 1 unspecified atom stereocenters. The van der Waals surface area contributed by atoms with Crippen LogP contribution in [0.4, 0.5) is 8.78 Å². The smallest absolute Gasteiger partial charge is 0.292 e. The van der Waals surface area contributed by atoms with Gasteiger partial charge in [0, 0.05) is 24.8 Å². The van der Waals surface area contributed by atoms with Gasteiger partial charge in [-0.15, -0.1) is 0 Å². The number of nitrogens with zero attached hydrogens (tertiary/aromatic N) is 2. The lowest BCUT2D eigenvalue weighted by molar-refractivity contribution is -0.0227. The Kier molecular flexibility index (Phi) is 4.54. The average Bonchev–Trinajstić information content (AvgIpc) is 3.29. The molecule has 148 valence electrons. The van der Waals surface area contributed by atoms with Gasteiger partial charge in [0.25, 0.3) is 11.8 Å². The molecule has 0 aliphatic carbocycles. The molecule has 1 aliphatic rings. The molecule has 1 N–H and O–H groups in total. The summed E-state index contributed by atoms with van der Waals surface area (Å²) in [6.45, 7) is 0.936. The number of amides is 1. The van der Waals surface area contributed by atoms with Crippen molar-refractivity contribution in [1.29, 1.82) is 0 Å². The molecule has 2 aromatic heterocycles. The number of furan rings is 1. The van der Waals surface area contributed by atoms with Crippen LogP contribution in [-0.2, 0) is 18.4 Å². The average molecular weight is 391 g/mol. The number of fused-ring (bicyclic) bond motifs is 1. The third kappa shape index (κ3) is 3.33. The van der Waals surface area contributed by atoms with Gasteiger partial charge >= 0.3 is 0 Å². The fraction of sp³-hybridized carbons (Fsp3) is 0.368. The van der Waals surface area contributed by atoms with Crippen molar-refractivity contribution in [2.24, 2.45) is 7.05 Å². The molecule has 1 amide bonds. The van der Waals surface area contributed by atoms with E-state index in [0.29, 0.717) is 22.5 Å². The Bertz CT molecular complexity index is 1030. The topological polar surface area (TPSA) is 78.5 Å². The Morgan fingerprint density at radius 3 is 2.96 bits per heavy atom. The second-order valence-corrected chi connectivity index (χ2v) is 6.74. The van der Waals surface area contributed by atoms with E-state index in [4.69, 9.17) is 13.9 Å². The van der Waals surface area contributed by atoms with E-state index in [0.717, 1.165) is 5.82 Å². The molecule has 3 heterocycles. The van der Waals surface area contributed by atoms with Crippen molar-refractivity contribution in [3.05, 3.63) is 47.7 Å². The van der Waals surface area contributed by atoms with Crippen molar-refractivity contribution in [3.63, 3.8) is 0 Å². The maximum absolute atomic E-state index is 13.8. The number of rotatable bonds is 5. The molecule has 0 radical (unpaired) electrons. The lowest BCUT2D eigenvalue weighted by Crippen LogP contribution is -2.46. The van der Waals surface area contributed by atoms with Crippen molar-refractivity contribution in [3.8, 4) is 5.75 Å². The van der Waals surface area contributed by atoms with Crippen LogP contribution in [0.5, 0.6) is 5.75 Å². The van der Waals surface area contributed by atoms with E-state index in [9.17, 15) is 13.6 Å². The fourth-order valence-electron chi connectivity index (χ4n) is 3.17. The van der Waals surface area contributed by atoms with Crippen LogP contribution in [0.15, 0.2) is 35.0 Å². The molecule has 1 atom stereocenters. The molecule has 1 aliphatic heterocycles. The number of nitrogens with one attached hydrogen (secondary N) is 1. The lowest BCUT2D eigenvalue weighted by Gasteiger charge is -2.18. The number of aromatic nitrogens is 2. The summed E-state index contributed by atoms with van der Waals surface area (Å²) >= 11 is 0. The van der Waals surface area contributed by atoms with Gasteiger partial charge in [-0.2, -0.15) is 0 Å². The number of ether oxygens (including phenoxy) is 2. The number of aryl methyl sites for hydroxylation is 2. The first-order chi connectivity index (χ1) is 13.3. The molecular formula is C19H19F2N3O4. The van der Waals surface area contributed by atoms with Crippen LogP contribution >= 0.6 is 0 Å². The first-order valence-corrected chi connectivity index (χ1v) is 8.74. The van der Waals surface area contributed by atoms with Crippen molar-refractivity contribution in [2.45, 2.75) is 25.5 Å². The zero-order valence-corrected chi connectivity index (χ0v) is 15.4. The van der Waals surface area contributed by atoms with Gasteiger partial charge in [-0.1, -0.05) is 0 Å². The second kappa shape index (κ2) is 6.90. The van der Waals surface area contributed by atoms with Crippen LogP contribution in [-0.4, -0.2) is 40.6 Å². The monoisotopic (exact) mass is 391 g/mol. The van der Waals surface area contributed by atoms with Crippen LogP contribution < -0.4 is 10.1 Å². The summed E-state index contributed by atoms with van der Waals surface area (Å²) < 4.78 is 45.5. The van der Waals surface area contributed by atoms with Crippen LogP contribution in [0.2, 0.25) is 0 Å². The molecule has 0 bridgehead atoms. The number of hydrogen-bond donors (Lipinski definition) is 1. The van der Waals surface area contributed by atoms with Gasteiger partial charge in [0.1, 0.15) is 42.2 Å². The van der Waals surface area contributed by atoms with E-state index in [2.05, 4.69) is 10.3 Å². The zero-order valence-electron chi connectivity index (χ0n) is 15.4. The number of carbonyl (C=O) groups is 1. The summed E-state index contributed by atoms with van der Waals surface area (Å²) in [6.07, 6.45) is 3.48. The maximum Gasteiger partial charge on any atom is 0.292 e. The summed E-state index contributed by atoms with van der Waals surface area (Å²) in [7, 11) is 1.86. The van der Waals surface area contributed by atoms with E-state index < -0.39 is 24.5 Å². The highest BCUT2D eigenvalue weighted by Crippen LogP contribution is 2.31. The van der Waals surface area contributed by atoms with E-state index in [1.807, 2.05) is 17.8 Å². The summed E-state index contributed by atoms with van der Waals surface area (Å²) in [4.78, 5) is 16.9. The minimum Gasteiger partial charge on any atom is -0.486 e. The Morgan fingerprint density at radius 2 is 2.29 bits per heavy atom. The third-order valence-corrected chi connectivity index (χ3v) is 4.75. The largest absolute Gasteiger partial charge is 0.486 e. The predicted octanol–water partition coefficient (Wildman–Crippen LogP) is 2.82. The van der Waals surface area contributed by atoms with Gasteiger partial charge < -0.3 is 23.8 Å². The molecule has 0 spiro atoms. The maximum atomic E-state index is 13.8. The van der Waals surface area contributed by atoms with Crippen molar-refractivity contribution in [1.82, 2.24) is 14.9 Å². The van der Waals surface area contributed by atoms with Crippen LogP contribution in [0, 0.1) is 6.92 Å². The van der Waals surface area contributed by atoms with Gasteiger partial charge in [0.15, 0.2) is 0 Å². The Balaban J connectivity index is 1.58. The van der Waals surface area contributed by atoms with Crippen molar-refractivity contribution in [2.75, 3.05) is 13.2 Å². The molecule has 28 heavy (non-hydrogen) atoms. The van der Waals surface area contributed by atoms with Gasteiger partial charge in [-0.3, -0.25) is 4.79 Å². The summed E-state index contributed by atoms with van der Waals surface area (Å²) in [5, 5.41) is 2.85. The van der Waals surface area contributed by atoms with E-state index in [1.165, 1.54) is 0 Å². The zero-order chi connectivity index (χ0) is 19.9. The highest BCUT2D eigenvalue weighted by Gasteiger charge is 2.46. The van der Waals surface area contributed by atoms with Crippen molar-refractivity contribution < 1.29 is 27.5 Å². The molecule has 9 heteroatoms. The number of alkyl halides is 2. The predicted molar refractivity (Wildman–Crippen MR) is 95.5 cm³/mol. The molecule has 7 nitrogen and oxygen atoms in total. The molecule has 1 fully saturated rings. The van der Waals surface area contributed by atoms with Crippen LogP contribution in [0.3, 0.4) is 0 Å². The first kappa shape index (κ1) is 18.4. The quantitative estimate of drug-likeness (QED) is 0.724. The SMILES string of the molecule is Cc1oc2ccc(OCc3nccn3C)cc2c1C(=O)NC1COCC1(F)F. The molecule has 4 rings (SSSR count). The molecule has 1 saturated heterocycles. The van der Waals surface area contributed by atoms with Gasteiger partial charge in [-0.25, -0.2) is 13.8 Å². The van der Waals surface area contributed by atoms with Crippen molar-refractivity contribution >= 4 is 16.9 Å². The number of imidazole rings is 1. The third-order valence-electron chi connectivity index (χ3n) is 4.75. The number of halogens is 2. The van der Waals surface area contributed by atoms with E-state index >= 15 is 0 Å². The number of carbonyl (C=O) groups excluding carboxylic acids is 1. The Labute approximate surface area is 159 Å². The highest BCUT2D eigenvalue weighted by atomic mass is 19.3. The summed E-state index contributed by atoms with van der Waals surface area (Å²) in [6, 6.07) is 3.69. The van der Waals surface area contributed by atoms with Gasteiger partial charge in [0.05, 0.1) is 12.2 Å². The van der Waals surface area contributed by atoms with Gasteiger partial charge in [0.2, 0.25) is 0 Å². The minimum absolute atomic E-state index is 0.208. The molecular weight excluding hydrogens is 372 g/mol. The summed E-state index contributed by atoms with van der Waals surface area (Å²) in [5.41, 5.74) is 0.682. The lowest BCUT2D eigenvalue weighted by atomic mass is 10.1. The minimum atomic E-state index is -3.10. The first-order valence-electron chi connectivity index (χ1n) is 8.74. The number of benzene rings is 1. The van der Waals surface area contributed by atoms with Crippen LogP contribution in [0.1, 0.15) is 21.9 Å². The van der Waals surface area contributed by atoms with Crippen LogP contribution in [0.25, 0.3) is 11.0 Å².